The van der Waals surface area contributed by atoms with Crippen LogP contribution in [0.3, 0.4) is 0 Å². The second kappa shape index (κ2) is 6.48. The number of nitrogens with zero attached hydrogens (tertiary/aromatic N) is 1. The molecule has 2 N–H and O–H groups in total. The van der Waals surface area contributed by atoms with Crippen LogP contribution >= 0.6 is 0 Å². The molecule has 0 bridgehead atoms. The van der Waals surface area contributed by atoms with Crippen molar-refractivity contribution >= 4 is 10.9 Å². The summed E-state index contributed by atoms with van der Waals surface area (Å²) in [5.41, 5.74) is 2.26. The van der Waals surface area contributed by atoms with Gasteiger partial charge in [0.1, 0.15) is 11.9 Å². The maximum Gasteiger partial charge on any atom is 0.123 e. The normalized spacial score (nSPS) is 22.6. The van der Waals surface area contributed by atoms with Gasteiger partial charge in [0.25, 0.3) is 0 Å². The molecule has 1 aromatic heterocycles. The van der Waals surface area contributed by atoms with Crippen LogP contribution in [0.15, 0.2) is 18.3 Å². The molecule has 0 saturated heterocycles. The zero-order chi connectivity index (χ0) is 14.7. The summed E-state index contributed by atoms with van der Waals surface area (Å²) in [7, 11) is 0. The van der Waals surface area contributed by atoms with Crippen molar-refractivity contribution in [2.75, 3.05) is 6.54 Å². The molecule has 3 rings (SSSR count). The third kappa shape index (κ3) is 3.21. The topological polar surface area (TPSA) is 49.9 Å². The van der Waals surface area contributed by atoms with Crippen LogP contribution in [-0.2, 0) is 0 Å². The second-order valence-electron chi connectivity index (χ2n) is 6.08. The molecule has 0 radical (unpaired) electrons. The van der Waals surface area contributed by atoms with E-state index in [0.717, 1.165) is 36.0 Å². The Kier molecular flexibility index (Phi) is 4.44. The third-order valence-corrected chi connectivity index (χ3v) is 4.45. The number of aromatic amines is 1. The Balaban J connectivity index is 1.68. The Labute approximate surface area is 126 Å². The fraction of sp³-hybridized carbons (Fsp3) is 0.588. The summed E-state index contributed by atoms with van der Waals surface area (Å²) >= 11 is 0. The maximum atomic E-state index is 6.29. The van der Waals surface area contributed by atoms with Gasteiger partial charge in [-0.25, -0.2) is 0 Å². The molecule has 1 aromatic carbocycles. The third-order valence-electron chi connectivity index (χ3n) is 4.45. The van der Waals surface area contributed by atoms with Crippen LogP contribution in [0.25, 0.3) is 10.9 Å². The monoisotopic (exact) mass is 287 g/mol. The van der Waals surface area contributed by atoms with E-state index in [1.807, 2.05) is 6.20 Å². The summed E-state index contributed by atoms with van der Waals surface area (Å²) in [6.45, 7) is 5.44. The van der Waals surface area contributed by atoms with Gasteiger partial charge in [-0.3, -0.25) is 5.10 Å². The van der Waals surface area contributed by atoms with E-state index in [1.165, 1.54) is 24.8 Å². The number of hydrogen-bond acceptors (Lipinski definition) is 3. The first-order valence-electron chi connectivity index (χ1n) is 8.10. The number of rotatable bonds is 5. The highest BCUT2D eigenvalue weighted by molar-refractivity contribution is 5.83. The van der Waals surface area contributed by atoms with Crippen LogP contribution < -0.4 is 10.1 Å². The molecular weight excluding hydrogens is 262 g/mol. The largest absolute Gasteiger partial charge is 0.490 e. The number of aryl methyl sites for hydroxylation is 1. The van der Waals surface area contributed by atoms with Gasteiger partial charge in [0.05, 0.1) is 11.7 Å². The lowest BCUT2D eigenvalue weighted by Crippen LogP contribution is -2.38. The number of hydrogen-bond donors (Lipinski definition) is 2. The van der Waals surface area contributed by atoms with Crippen molar-refractivity contribution in [3.63, 3.8) is 0 Å². The van der Waals surface area contributed by atoms with Gasteiger partial charge in [-0.1, -0.05) is 6.92 Å². The highest BCUT2D eigenvalue weighted by atomic mass is 16.5. The van der Waals surface area contributed by atoms with E-state index >= 15 is 0 Å². The fourth-order valence-corrected chi connectivity index (χ4v) is 3.23. The number of fused-ring (bicyclic) bond motifs is 1. The molecular formula is C17H25N3O. The first kappa shape index (κ1) is 14.4. The van der Waals surface area contributed by atoms with Crippen LogP contribution in [0.2, 0.25) is 0 Å². The van der Waals surface area contributed by atoms with E-state index in [0.29, 0.717) is 12.1 Å². The minimum atomic E-state index is 0.330. The molecule has 0 amide bonds. The van der Waals surface area contributed by atoms with Gasteiger partial charge in [-0.05, 0) is 57.7 Å². The lowest BCUT2D eigenvalue weighted by Gasteiger charge is -2.30. The van der Waals surface area contributed by atoms with E-state index in [4.69, 9.17) is 4.74 Å². The van der Waals surface area contributed by atoms with Gasteiger partial charge < -0.3 is 10.1 Å². The summed E-state index contributed by atoms with van der Waals surface area (Å²) in [6, 6.07) is 4.74. The zero-order valence-corrected chi connectivity index (χ0v) is 13.0. The Morgan fingerprint density at radius 3 is 3.14 bits per heavy atom. The average molecular weight is 287 g/mol. The highest BCUT2D eigenvalue weighted by Crippen LogP contribution is 2.29. The molecule has 2 aromatic rings. The van der Waals surface area contributed by atoms with Gasteiger partial charge in [0, 0.05) is 17.0 Å². The lowest BCUT2D eigenvalue weighted by atomic mass is 9.92. The summed E-state index contributed by atoms with van der Waals surface area (Å²) in [5, 5.41) is 11.9. The molecule has 1 heterocycles. The molecule has 0 unspecified atom stereocenters. The van der Waals surface area contributed by atoms with Gasteiger partial charge in [-0.15, -0.1) is 0 Å². The van der Waals surface area contributed by atoms with Gasteiger partial charge in [-0.2, -0.15) is 5.10 Å². The predicted octanol–water partition coefficient (Wildman–Crippen LogP) is 3.56. The van der Waals surface area contributed by atoms with E-state index in [2.05, 4.69) is 41.5 Å². The highest BCUT2D eigenvalue weighted by Gasteiger charge is 2.23. The van der Waals surface area contributed by atoms with Crippen LogP contribution in [0.5, 0.6) is 5.75 Å². The molecule has 21 heavy (non-hydrogen) atoms. The van der Waals surface area contributed by atoms with Crippen LogP contribution in [-0.4, -0.2) is 28.9 Å². The first-order chi connectivity index (χ1) is 10.3. The molecule has 1 saturated carbocycles. The van der Waals surface area contributed by atoms with Crippen molar-refractivity contribution in [2.45, 2.75) is 58.1 Å². The molecule has 114 valence electrons. The van der Waals surface area contributed by atoms with Gasteiger partial charge in [0.15, 0.2) is 0 Å². The minimum Gasteiger partial charge on any atom is -0.490 e. The number of nitrogens with one attached hydrogen (secondary N) is 2. The van der Waals surface area contributed by atoms with E-state index in [-0.39, 0.29) is 0 Å². The van der Waals surface area contributed by atoms with Gasteiger partial charge >= 0.3 is 0 Å². The van der Waals surface area contributed by atoms with Crippen LogP contribution in [0.4, 0.5) is 0 Å². The Bertz CT molecular complexity index is 593. The molecule has 1 aliphatic carbocycles. The molecule has 0 spiro atoms. The van der Waals surface area contributed by atoms with E-state index in [1.54, 1.807) is 0 Å². The lowest BCUT2D eigenvalue weighted by molar-refractivity contribution is 0.134. The number of ether oxygens (including phenoxy) is 1. The van der Waals surface area contributed by atoms with E-state index in [9.17, 15) is 0 Å². The predicted molar refractivity (Wildman–Crippen MR) is 85.8 cm³/mol. The van der Waals surface area contributed by atoms with E-state index < -0.39 is 0 Å². The van der Waals surface area contributed by atoms with Crippen LogP contribution in [0.1, 0.15) is 44.6 Å². The standard InChI is InChI=1S/C17H25N3O/c1-3-9-18-13-5-4-6-14(10-13)21-17-8-7-16-15(12(17)2)11-19-20-16/h7-8,11,13-14,18H,3-6,9-10H2,1-2H3,(H,19,20)/t13-,14-/m0/s1. The smallest absolute Gasteiger partial charge is 0.123 e. The zero-order valence-electron chi connectivity index (χ0n) is 13.0. The quantitative estimate of drug-likeness (QED) is 0.884. The molecule has 4 heteroatoms. The van der Waals surface area contributed by atoms with Crippen molar-refractivity contribution in [1.82, 2.24) is 15.5 Å². The first-order valence-corrected chi connectivity index (χ1v) is 8.10. The Morgan fingerprint density at radius 1 is 1.38 bits per heavy atom. The molecule has 0 aliphatic heterocycles. The second-order valence-corrected chi connectivity index (χ2v) is 6.08. The van der Waals surface area contributed by atoms with Gasteiger partial charge in [0.2, 0.25) is 0 Å². The molecule has 1 fully saturated rings. The van der Waals surface area contributed by atoms with Crippen molar-refractivity contribution in [3.05, 3.63) is 23.9 Å². The number of aromatic nitrogens is 2. The van der Waals surface area contributed by atoms with Crippen molar-refractivity contribution < 1.29 is 4.74 Å². The maximum absolute atomic E-state index is 6.29. The minimum absolute atomic E-state index is 0.330. The summed E-state index contributed by atoms with van der Waals surface area (Å²) in [6.07, 6.45) is 8.20. The molecule has 1 aliphatic rings. The van der Waals surface area contributed by atoms with Crippen molar-refractivity contribution in [3.8, 4) is 5.75 Å². The van der Waals surface area contributed by atoms with Crippen LogP contribution in [0, 0.1) is 6.92 Å². The summed E-state index contributed by atoms with van der Waals surface area (Å²) in [4.78, 5) is 0. The summed E-state index contributed by atoms with van der Waals surface area (Å²) < 4.78 is 6.29. The number of H-pyrrole nitrogens is 1. The average Bonchev–Trinajstić information content (AvgIpc) is 2.98. The molecule has 4 nitrogen and oxygen atoms in total. The number of benzene rings is 1. The Hall–Kier alpha value is -1.55. The SMILES string of the molecule is CCCN[C@H]1CCC[C@H](Oc2ccc3[nH]ncc3c2C)C1. The fourth-order valence-electron chi connectivity index (χ4n) is 3.23. The molecule has 2 atom stereocenters. The van der Waals surface area contributed by atoms with Crippen molar-refractivity contribution in [2.24, 2.45) is 0 Å². The summed E-state index contributed by atoms with van der Waals surface area (Å²) in [5.74, 6) is 1.00. The van der Waals surface area contributed by atoms with Crippen molar-refractivity contribution in [1.29, 1.82) is 0 Å². The Morgan fingerprint density at radius 2 is 2.29 bits per heavy atom.